The predicted molar refractivity (Wildman–Crippen MR) is 140 cm³/mol. The van der Waals surface area contributed by atoms with Crippen LogP contribution in [0.2, 0.25) is 0 Å². The fourth-order valence-corrected chi connectivity index (χ4v) is 4.37. The Balaban J connectivity index is 1.72. The molecular formula is C32H27N. The molecule has 1 nitrogen and oxygen atoms in total. The summed E-state index contributed by atoms with van der Waals surface area (Å²) < 4.78 is 0. The van der Waals surface area contributed by atoms with Crippen LogP contribution in [0.25, 0.3) is 22.3 Å². The summed E-state index contributed by atoms with van der Waals surface area (Å²) >= 11 is 0. The number of benzene rings is 4. The molecule has 4 aromatic carbocycles. The molecule has 1 N–H and O–H groups in total. The molecule has 0 aliphatic carbocycles. The van der Waals surface area contributed by atoms with Gasteiger partial charge in [-0.2, -0.15) is 0 Å². The van der Waals surface area contributed by atoms with Crippen LogP contribution in [0.1, 0.15) is 34.9 Å². The number of aryl methyl sites for hydroxylation is 1. The molecule has 0 aliphatic heterocycles. The van der Waals surface area contributed by atoms with Crippen LogP contribution in [0.15, 0.2) is 128 Å². The maximum Gasteiger partial charge on any atom is 0.0150 e. The second-order valence-electron chi connectivity index (χ2n) is 8.19. The molecule has 0 radical (unpaired) electrons. The molecule has 0 unspecified atom stereocenters. The Kier molecular flexibility index (Phi) is 6.04. The number of nitrogens with one attached hydrogen (secondary N) is 1. The van der Waals surface area contributed by atoms with Crippen LogP contribution >= 0.6 is 0 Å². The van der Waals surface area contributed by atoms with Gasteiger partial charge >= 0.3 is 0 Å². The molecule has 160 valence electrons. The Morgan fingerprint density at radius 2 is 0.939 bits per heavy atom. The van der Waals surface area contributed by atoms with Gasteiger partial charge in [0.1, 0.15) is 0 Å². The first-order valence-electron chi connectivity index (χ1n) is 11.5. The van der Waals surface area contributed by atoms with Gasteiger partial charge in [-0.1, -0.05) is 122 Å². The third-order valence-electron chi connectivity index (χ3n) is 6.07. The Labute approximate surface area is 196 Å². The smallest absolute Gasteiger partial charge is 0.0150 e. The summed E-state index contributed by atoms with van der Waals surface area (Å²) in [5.74, 6) is 0. The second kappa shape index (κ2) is 9.58. The van der Waals surface area contributed by atoms with Crippen molar-refractivity contribution in [2.75, 3.05) is 0 Å². The molecule has 1 heteroatoms. The van der Waals surface area contributed by atoms with Crippen LogP contribution in [0, 0.1) is 0 Å². The van der Waals surface area contributed by atoms with Crippen molar-refractivity contribution in [1.82, 2.24) is 4.98 Å². The van der Waals surface area contributed by atoms with E-state index in [9.17, 15) is 0 Å². The highest BCUT2D eigenvalue weighted by Gasteiger charge is 2.16. The molecule has 0 saturated carbocycles. The van der Waals surface area contributed by atoms with E-state index in [0.29, 0.717) is 0 Å². The summed E-state index contributed by atoms with van der Waals surface area (Å²) in [6.07, 6.45) is 3.11. The van der Waals surface area contributed by atoms with Crippen molar-refractivity contribution < 1.29 is 0 Å². The molecule has 0 saturated heterocycles. The predicted octanol–water partition coefficient (Wildman–Crippen LogP) is 8.25. The highest BCUT2D eigenvalue weighted by Crippen LogP contribution is 2.37. The first-order valence-corrected chi connectivity index (χ1v) is 11.5. The van der Waals surface area contributed by atoms with Crippen LogP contribution in [0.5, 0.6) is 0 Å². The van der Waals surface area contributed by atoms with Gasteiger partial charge in [-0.25, -0.2) is 0 Å². The maximum absolute atomic E-state index is 3.37. The van der Waals surface area contributed by atoms with Crippen molar-refractivity contribution in [2.45, 2.75) is 13.3 Å². The van der Waals surface area contributed by atoms with E-state index in [1.54, 1.807) is 0 Å². The molecule has 0 atom stereocenters. The molecule has 0 amide bonds. The highest BCUT2D eigenvalue weighted by atomic mass is 14.7. The number of rotatable bonds is 6. The zero-order chi connectivity index (χ0) is 22.5. The van der Waals surface area contributed by atoms with E-state index >= 15 is 0 Å². The topological polar surface area (TPSA) is 15.8 Å². The Hall–Kier alpha value is -4.10. The third-order valence-corrected chi connectivity index (χ3v) is 6.07. The molecule has 5 aromatic rings. The van der Waals surface area contributed by atoms with E-state index in [1.807, 2.05) is 0 Å². The first kappa shape index (κ1) is 20.8. The summed E-state index contributed by atoms with van der Waals surface area (Å²) in [5, 5.41) is 0. The van der Waals surface area contributed by atoms with Crippen molar-refractivity contribution in [2.24, 2.45) is 0 Å². The lowest BCUT2D eigenvalue weighted by Crippen LogP contribution is -1.97. The number of hydrogen-bond acceptors (Lipinski definition) is 0. The van der Waals surface area contributed by atoms with Gasteiger partial charge in [0.25, 0.3) is 0 Å². The maximum atomic E-state index is 3.37. The van der Waals surface area contributed by atoms with Crippen LogP contribution < -0.4 is 0 Å². The summed E-state index contributed by atoms with van der Waals surface area (Å²) in [7, 11) is 0. The Morgan fingerprint density at radius 3 is 1.33 bits per heavy atom. The van der Waals surface area contributed by atoms with Crippen LogP contribution in [0.4, 0.5) is 0 Å². The Morgan fingerprint density at radius 1 is 0.515 bits per heavy atom. The lowest BCUT2D eigenvalue weighted by molar-refractivity contribution is 1.06. The van der Waals surface area contributed by atoms with E-state index in [0.717, 1.165) is 6.42 Å². The highest BCUT2D eigenvalue weighted by molar-refractivity contribution is 6.04. The van der Waals surface area contributed by atoms with Crippen molar-refractivity contribution in [3.63, 3.8) is 0 Å². The average molecular weight is 426 g/mol. The van der Waals surface area contributed by atoms with Crippen LogP contribution in [-0.2, 0) is 6.42 Å². The summed E-state index contributed by atoms with van der Waals surface area (Å²) in [5.41, 5.74) is 11.0. The van der Waals surface area contributed by atoms with Crippen molar-refractivity contribution >= 4 is 11.1 Å². The van der Waals surface area contributed by atoms with Gasteiger partial charge in [0.2, 0.25) is 0 Å². The van der Waals surface area contributed by atoms with E-state index in [-0.39, 0.29) is 0 Å². The fourth-order valence-electron chi connectivity index (χ4n) is 4.37. The lowest BCUT2D eigenvalue weighted by Gasteiger charge is -2.18. The van der Waals surface area contributed by atoms with Gasteiger partial charge in [-0.05, 0) is 57.0 Å². The second-order valence-corrected chi connectivity index (χ2v) is 8.19. The fraction of sp³-hybridized carbons (Fsp3) is 0.0625. The van der Waals surface area contributed by atoms with Crippen LogP contribution in [-0.4, -0.2) is 4.98 Å². The number of H-pyrrole nitrogens is 1. The lowest BCUT2D eigenvalue weighted by atomic mass is 9.85. The van der Waals surface area contributed by atoms with Gasteiger partial charge in [0.15, 0.2) is 0 Å². The molecule has 0 fully saturated rings. The van der Waals surface area contributed by atoms with E-state index in [2.05, 4.69) is 139 Å². The number of aromatic amines is 1. The molecule has 1 aromatic heterocycles. The van der Waals surface area contributed by atoms with Crippen molar-refractivity contribution in [3.8, 4) is 11.1 Å². The molecule has 0 aliphatic rings. The third kappa shape index (κ3) is 4.44. The molecule has 1 heterocycles. The van der Waals surface area contributed by atoms with Gasteiger partial charge in [0, 0.05) is 11.9 Å². The zero-order valence-electron chi connectivity index (χ0n) is 18.8. The quantitative estimate of drug-likeness (QED) is 0.264. The minimum Gasteiger partial charge on any atom is -0.364 e. The SMILES string of the molecule is CCc1cc(-c2ccc(C(=C(c3ccccc3)c3ccccc3)c3ccccc3)cc2)c[nH]1. The van der Waals surface area contributed by atoms with Gasteiger partial charge < -0.3 is 4.98 Å². The molecule has 0 bridgehead atoms. The van der Waals surface area contributed by atoms with E-state index in [1.165, 1.54) is 50.2 Å². The Bertz CT molecular complexity index is 1300. The van der Waals surface area contributed by atoms with E-state index < -0.39 is 0 Å². The van der Waals surface area contributed by atoms with Crippen molar-refractivity contribution in [1.29, 1.82) is 0 Å². The summed E-state index contributed by atoms with van der Waals surface area (Å²) in [6.45, 7) is 2.17. The first-order chi connectivity index (χ1) is 16.3. The monoisotopic (exact) mass is 425 g/mol. The molecule has 33 heavy (non-hydrogen) atoms. The van der Waals surface area contributed by atoms with E-state index in [4.69, 9.17) is 0 Å². The van der Waals surface area contributed by atoms with Crippen molar-refractivity contribution in [3.05, 3.63) is 155 Å². The largest absolute Gasteiger partial charge is 0.364 e. The molecule has 5 rings (SSSR count). The standard InChI is InChI=1S/C32H27N/c1-2-30-22-29(23-33-30)24-18-20-28(21-19-24)32(27-16-10-5-11-17-27)31(25-12-6-3-7-13-25)26-14-8-4-9-15-26/h3-23,33H,2H2,1H3. The number of hydrogen-bond donors (Lipinski definition) is 1. The molecular weight excluding hydrogens is 398 g/mol. The average Bonchev–Trinajstić information content (AvgIpc) is 3.38. The minimum absolute atomic E-state index is 1.01. The minimum atomic E-state index is 1.01. The summed E-state index contributed by atoms with van der Waals surface area (Å²) in [4.78, 5) is 3.37. The van der Waals surface area contributed by atoms with Crippen LogP contribution in [0.3, 0.4) is 0 Å². The van der Waals surface area contributed by atoms with Gasteiger partial charge in [-0.3, -0.25) is 0 Å². The van der Waals surface area contributed by atoms with Gasteiger partial charge in [0.05, 0.1) is 0 Å². The van der Waals surface area contributed by atoms with Gasteiger partial charge in [-0.15, -0.1) is 0 Å². The summed E-state index contributed by atoms with van der Waals surface area (Å²) in [6, 6.07) is 43.3. The number of aromatic nitrogens is 1. The molecule has 0 spiro atoms. The normalized spacial score (nSPS) is 10.7. The zero-order valence-corrected chi connectivity index (χ0v) is 18.8.